The fourth-order valence-electron chi connectivity index (χ4n) is 3.90. The zero-order valence-electron chi connectivity index (χ0n) is 14.0. The second-order valence-corrected chi connectivity index (χ2v) is 7.15. The van der Waals surface area contributed by atoms with E-state index < -0.39 is 5.60 Å². The highest BCUT2D eigenvalue weighted by Crippen LogP contribution is 2.39. The van der Waals surface area contributed by atoms with Gasteiger partial charge < -0.3 is 10.0 Å². The van der Waals surface area contributed by atoms with E-state index in [4.69, 9.17) is 0 Å². The van der Waals surface area contributed by atoms with Gasteiger partial charge in [0.2, 0.25) is 5.91 Å². The Morgan fingerprint density at radius 1 is 1.30 bits per heavy atom. The third-order valence-corrected chi connectivity index (χ3v) is 5.46. The summed E-state index contributed by atoms with van der Waals surface area (Å²) in [5.41, 5.74) is 1.86. The Labute approximate surface area is 139 Å². The molecule has 0 spiro atoms. The molecule has 1 saturated carbocycles. The zero-order valence-corrected chi connectivity index (χ0v) is 14.0. The Morgan fingerprint density at radius 2 is 2.09 bits per heavy atom. The van der Waals surface area contributed by atoms with Crippen molar-refractivity contribution in [3.8, 4) is 0 Å². The molecule has 1 amide bonds. The lowest BCUT2D eigenvalue weighted by Crippen LogP contribution is -2.54. The molecule has 1 aliphatic carbocycles. The van der Waals surface area contributed by atoms with Crippen LogP contribution in [0.5, 0.6) is 0 Å². The molecular weight excluding hydrogens is 286 g/mol. The molecule has 1 N–H and O–H groups in total. The Hall–Kier alpha value is -1.61. The minimum atomic E-state index is -0.507. The summed E-state index contributed by atoms with van der Waals surface area (Å²) in [5, 5.41) is 10.7. The van der Waals surface area contributed by atoms with Crippen molar-refractivity contribution in [3.63, 3.8) is 0 Å². The monoisotopic (exact) mass is 313 g/mol. The minimum absolute atomic E-state index is 0.181. The van der Waals surface area contributed by atoms with Gasteiger partial charge in [0.15, 0.2) is 0 Å². The predicted octanol–water partition coefficient (Wildman–Crippen LogP) is 3.55. The number of rotatable bonds is 3. The van der Waals surface area contributed by atoms with Gasteiger partial charge in [-0.1, -0.05) is 54.8 Å². The molecule has 0 radical (unpaired) electrons. The number of carbonyl (C=O) groups is 1. The summed E-state index contributed by atoms with van der Waals surface area (Å²) < 4.78 is 0. The number of aryl methyl sites for hydroxylation is 1. The smallest absolute Gasteiger partial charge is 0.226 e. The molecule has 2 aliphatic rings. The van der Waals surface area contributed by atoms with Crippen LogP contribution in [-0.4, -0.2) is 34.6 Å². The molecule has 3 rings (SSSR count). The summed E-state index contributed by atoms with van der Waals surface area (Å²) in [7, 11) is 0. The Kier molecular flexibility index (Phi) is 4.86. The molecule has 1 saturated heterocycles. The fraction of sp³-hybridized carbons (Fsp3) is 0.550. The van der Waals surface area contributed by atoms with E-state index in [1.165, 1.54) is 12.0 Å². The molecule has 23 heavy (non-hydrogen) atoms. The number of nitrogens with zero attached hydrogens (tertiary/aromatic N) is 1. The Balaban J connectivity index is 1.53. The summed E-state index contributed by atoms with van der Waals surface area (Å²) in [6.45, 7) is 3.50. The number of amides is 1. The van der Waals surface area contributed by atoms with Gasteiger partial charge in [-0.2, -0.15) is 0 Å². The van der Waals surface area contributed by atoms with Crippen molar-refractivity contribution < 1.29 is 9.90 Å². The first-order valence-corrected chi connectivity index (χ1v) is 8.80. The second kappa shape index (κ2) is 6.88. The number of aliphatic hydroxyl groups is 1. The van der Waals surface area contributed by atoms with Crippen LogP contribution in [0.4, 0.5) is 0 Å². The fourth-order valence-corrected chi connectivity index (χ4v) is 3.90. The number of hydrogen-bond donors (Lipinski definition) is 1. The van der Waals surface area contributed by atoms with Crippen molar-refractivity contribution in [2.45, 2.75) is 51.0 Å². The number of carbonyl (C=O) groups excluding carboxylic acids is 1. The summed E-state index contributed by atoms with van der Waals surface area (Å²) in [4.78, 5) is 14.4. The molecule has 3 nitrogen and oxygen atoms in total. The third kappa shape index (κ3) is 3.84. The first kappa shape index (κ1) is 16.3. The molecule has 2 atom stereocenters. The predicted molar refractivity (Wildman–Crippen MR) is 92.9 cm³/mol. The summed E-state index contributed by atoms with van der Waals surface area (Å²) in [6.07, 6.45) is 9.42. The maximum atomic E-state index is 12.4. The van der Waals surface area contributed by atoms with Crippen molar-refractivity contribution in [1.82, 2.24) is 4.90 Å². The lowest BCUT2D eigenvalue weighted by molar-refractivity contribution is -0.142. The highest BCUT2D eigenvalue weighted by atomic mass is 16.3. The van der Waals surface area contributed by atoms with Gasteiger partial charge in [-0.25, -0.2) is 0 Å². The van der Waals surface area contributed by atoms with Gasteiger partial charge in [-0.05, 0) is 31.7 Å². The van der Waals surface area contributed by atoms with Gasteiger partial charge in [-0.15, -0.1) is 0 Å². The van der Waals surface area contributed by atoms with Gasteiger partial charge in [-0.3, -0.25) is 4.79 Å². The summed E-state index contributed by atoms with van der Waals surface area (Å²) in [6, 6.07) is 8.30. The molecule has 2 fully saturated rings. The number of hydrogen-bond acceptors (Lipinski definition) is 2. The maximum absolute atomic E-state index is 12.4. The van der Waals surface area contributed by atoms with E-state index in [0.29, 0.717) is 13.0 Å². The van der Waals surface area contributed by atoms with Gasteiger partial charge in [0.25, 0.3) is 0 Å². The average Bonchev–Trinajstić information content (AvgIpc) is 2.55. The molecule has 1 aliphatic heterocycles. The van der Waals surface area contributed by atoms with Crippen LogP contribution in [0.3, 0.4) is 0 Å². The SMILES string of the molecule is Cc1ccc(/C=C/CC(=O)N2CCC3(O)CCCCC3C2)cc1. The van der Waals surface area contributed by atoms with Crippen molar-refractivity contribution in [2.24, 2.45) is 5.92 Å². The van der Waals surface area contributed by atoms with E-state index in [2.05, 4.69) is 31.2 Å². The maximum Gasteiger partial charge on any atom is 0.226 e. The van der Waals surface area contributed by atoms with Gasteiger partial charge in [0.1, 0.15) is 0 Å². The van der Waals surface area contributed by atoms with E-state index in [1.54, 1.807) is 0 Å². The van der Waals surface area contributed by atoms with Crippen LogP contribution in [0, 0.1) is 12.8 Å². The number of piperidine rings is 1. The highest BCUT2D eigenvalue weighted by molar-refractivity contribution is 5.78. The van der Waals surface area contributed by atoms with Gasteiger partial charge >= 0.3 is 0 Å². The van der Waals surface area contributed by atoms with E-state index >= 15 is 0 Å². The topological polar surface area (TPSA) is 40.5 Å². The summed E-state index contributed by atoms with van der Waals surface area (Å²) >= 11 is 0. The van der Waals surface area contributed by atoms with Crippen LogP contribution in [0.2, 0.25) is 0 Å². The van der Waals surface area contributed by atoms with E-state index in [9.17, 15) is 9.90 Å². The highest BCUT2D eigenvalue weighted by Gasteiger charge is 2.43. The number of likely N-dealkylation sites (tertiary alicyclic amines) is 1. The van der Waals surface area contributed by atoms with Crippen molar-refractivity contribution in [1.29, 1.82) is 0 Å². The van der Waals surface area contributed by atoms with E-state index in [-0.39, 0.29) is 11.8 Å². The molecule has 1 heterocycles. The van der Waals surface area contributed by atoms with Crippen LogP contribution in [0.1, 0.15) is 49.7 Å². The zero-order chi connectivity index (χ0) is 16.3. The van der Waals surface area contributed by atoms with Crippen molar-refractivity contribution >= 4 is 12.0 Å². The molecule has 0 aromatic heterocycles. The average molecular weight is 313 g/mol. The normalized spacial score (nSPS) is 27.9. The molecule has 0 bridgehead atoms. The molecule has 1 aromatic rings. The second-order valence-electron chi connectivity index (χ2n) is 7.15. The standard InChI is InChI=1S/C20H27NO2/c1-16-8-10-17(11-9-16)5-4-7-19(22)21-14-13-20(23)12-3-2-6-18(20)15-21/h4-5,8-11,18,23H,2-3,6-7,12-15H2,1H3/b5-4+. The Morgan fingerprint density at radius 3 is 2.87 bits per heavy atom. The Bertz CT molecular complexity index is 578. The third-order valence-electron chi connectivity index (χ3n) is 5.46. The van der Waals surface area contributed by atoms with Crippen molar-refractivity contribution in [3.05, 3.63) is 41.5 Å². The number of benzene rings is 1. The number of fused-ring (bicyclic) bond motifs is 1. The van der Waals surface area contributed by atoms with Crippen LogP contribution in [-0.2, 0) is 4.79 Å². The minimum Gasteiger partial charge on any atom is -0.389 e. The van der Waals surface area contributed by atoms with Crippen LogP contribution < -0.4 is 0 Å². The molecule has 3 heteroatoms. The first-order valence-electron chi connectivity index (χ1n) is 8.80. The van der Waals surface area contributed by atoms with Gasteiger partial charge in [0.05, 0.1) is 5.60 Å². The van der Waals surface area contributed by atoms with Crippen LogP contribution in [0.15, 0.2) is 30.3 Å². The largest absolute Gasteiger partial charge is 0.389 e. The van der Waals surface area contributed by atoms with Gasteiger partial charge in [0, 0.05) is 25.4 Å². The van der Waals surface area contributed by atoms with Crippen LogP contribution in [0.25, 0.3) is 6.08 Å². The quantitative estimate of drug-likeness (QED) is 0.927. The molecular formula is C20H27NO2. The molecule has 1 aromatic carbocycles. The van der Waals surface area contributed by atoms with E-state index in [0.717, 1.165) is 37.8 Å². The van der Waals surface area contributed by atoms with Crippen molar-refractivity contribution in [2.75, 3.05) is 13.1 Å². The molecule has 2 unspecified atom stereocenters. The van der Waals surface area contributed by atoms with Crippen LogP contribution >= 0.6 is 0 Å². The lowest BCUT2D eigenvalue weighted by atomic mass is 9.71. The molecule has 124 valence electrons. The van der Waals surface area contributed by atoms with E-state index in [1.807, 2.05) is 17.1 Å². The lowest BCUT2D eigenvalue weighted by Gasteiger charge is -2.47. The summed E-state index contributed by atoms with van der Waals surface area (Å²) in [5.74, 6) is 0.455. The first-order chi connectivity index (χ1) is 11.1.